The standard InChI is InChI=1S/C20H22N4O2/c1-3-16-6-4-5-7-18(16)23-19(25)14-24(2)20(26)13-22-17-10-8-15(12-21)9-11-17/h4-11,22H,3,13-14H2,1-2H3,(H,23,25). The first-order valence-corrected chi connectivity index (χ1v) is 8.39. The second-order valence-corrected chi connectivity index (χ2v) is 5.85. The van der Waals surface area contributed by atoms with Crippen molar-refractivity contribution >= 4 is 23.2 Å². The summed E-state index contributed by atoms with van der Waals surface area (Å²) in [7, 11) is 1.59. The Morgan fingerprint density at radius 2 is 1.81 bits per heavy atom. The van der Waals surface area contributed by atoms with Crippen molar-refractivity contribution in [3.05, 3.63) is 59.7 Å². The van der Waals surface area contributed by atoms with Crippen LogP contribution in [-0.2, 0) is 16.0 Å². The molecule has 0 aliphatic rings. The van der Waals surface area contributed by atoms with Crippen molar-refractivity contribution in [2.24, 2.45) is 0 Å². The minimum atomic E-state index is -0.236. The highest BCUT2D eigenvalue weighted by molar-refractivity contribution is 5.95. The number of rotatable bonds is 7. The highest BCUT2D eigenvalue weighted by atomic mass is 16.2. The SMILES string of the molecule is CCc1ccccc1NC(=O)CN(C)C(=O)CNc1ccc(C#N)cc1. The number of likely N-dealkylation sites (N-methyl/N-ethyl adjacent to an activating group) is 1. The van der Waals surface area contributed by atoms with Crippen molar-refractivity contribution in [1.82, 2.24) is 4.90 Å². The maximum atomic E-state index is 12.2. The van der Waals surface area contributed by atoms with Gasteiger partial charge in [-0.05, 0) is 42.3 Å². The van der Waals surface area contributed by atoms with Crippen LogP contribution in [-0.4, -0.2) is 36.9 Å². The lowest BCUT2D eigenvalue weighted by Gasteiger charge is -2.18. The van der Waals surface area contributed by atoms with Crippen LogP contribution in [0.4, 0.5) is 11.4 Å². The predicted octanol–water partition coefficient (Wildman–Crippen LogP) is 2.63. The Bertz CT molecular complexity index is 809. The molecule has 2 aromatic carbocycles. The summed E-state index contributed by atoms with van der Waals surface area (Å²) in [5.41, 5.74) is 3.13. The van der Waals surface area contributed by atoms with Crippen LogP contribution < -0.4 is 10.6 Å². The number of hydrogen-bond donors (Lipinski definition) is 2. The summed E-state index contributed by atoms with van der Waals surface area (Å²) in [4.78, 5) is 25.7. The van der Waals surface area contributed by atoms with Gasteiger partial charge in [-0.2, -0.15) is 5.26 Å². The van der Waals surface area contributed by atoms with Gasteiger partial charge < -0.3 is 15.5 Å². The van der Waals surface area contributed by atoms with Crippen molar-refractivity contribution in [2.45, 2.75) is 13.3 Å². The van der Waals surface area contributed by atoms with Gasteiger partial charge in [-0.25, -0.2) is 0 Å². The minimum Gasteiger partial charge on any atom is -0.376 e. The molecular weight excluding hydrogens is 328 g/mol. The molecule has 0 bridgehead atoms. The number of amides is 2. The monoisotopic (exact) mass is 350 g/mol. The number of aryl methyl sites for hydroxylation is 1. The van der Waals surface area contributed by atoms with Gasteiger partial charge in [-0.15, -0.1) is 0 Å². The highest BCUT2D eigenvalue weighted by Crippen LogP contribution is 2.15. The number of anilines is 2. The summed E-state index contributed by atoms with van der Waals surface area (Å²) < 4.78 is 0. The second kappa shape index (κ2) is 9.23. The zero-order valence-corrected chi connectivity index (χ0v) is 15.0. The van der Waals surface area contributed by atoms with Crippen molar-refractivity contribution in [3.63, 3.8) is 0 Å². The Labute approximate surface area is 153 Å². The van der Waals surface area contributed by atoms with E-state index < -0.39 is 0 Å². The van der Waals surface area contributed by atoms with Gasteiger partial charge in [0.15, 0.2) is 0 Å². The molecule has 2 aromatic rings. The van der Waals surface area contributed by atoms with Gasteiger partial charge in [0.1, 0.15) is 0 Å². The van der Waals surface area contributed by atoms with Crippen molar-refractivity contribution in [3.8, 4) is 6.07 Å². The zero-order chi connectivity index (χ0) is 18.9. The van der Waals surface area contributed by atoms with E-state index in [-0.39, 0.29) is 24.9 Å². The number of nitriles is 1. The van der Waals surface area contributed by atoms with Gasteiger partial charge in [0.25, 0.3) is 0 Å². The average Bonchev–Trinajstić information content (AvgIpc) is 2.66. The number of carbonyl (C=O) groups excluding carboxylic acids is 2. The Balaban J connectivity index is 1.83. The summed E-state index contributed by atoms with van der Waals surface area (Å²) in [6, 6.07) is 16.5. The normalized spacial score (nSPS) is 9.88. The largest absolute Gasteiger partial charge is 0.376 e. The van der Waals surface area contributed by atoms with E-state index in [1.165, 1.54) is 4.90 Å². The van der Waals surface area contributed by atoms with Gasteiger partial charge >= 0.3 is 0 Å². The molecular formula is C20H22N4O2. The lowest BCUT2D eigenvalue weighted by molar-refractivity contribution is -0.131. The first kappa shape index (κ1) is 19.0. The van der Waals surface area contributed by atoms with E-state index in [1.54, 1.807) is 31.3 Å². The first-order chi connectivity index (χ1) is 12.5. The molecule has 0 spiro atoms. The predicted molar refractivity (Wildman–Crippen MR) is 102 cm³/mol. The lowest BCUT2D eigenvalue weighted by Crippen LogP contribution is -2.38. The third kappa shape index (κ3) is 5.35. The maximum absolute atomic E-state index is 12.2. The Kier molecular flexibility index (Phi) is 6.75. The Hall–Kier alpha value is -3.33. The van der Waals surface area contributed by atoms with Crippen LogP contribution in [0.1, 0.15) is 18.1 Å². The number of carbonyl (C=O) groups is 2. The fourth-order valence-electron chi connectivity index (χ4n) is 2.42. The molecule has 0 fully saturated rings. The average molecular weight is 350 g/mol. The van der Waals surface area contributed by atoms with E-state index in [2.05, 4.69) is 10.6 Å². The van der Waals surface area contributed by atoms with Gasteiger partial charge in [-0.3, -0.25) is 9.59 Å². The van der Waals surface area contributed by atoms with Crippen molar-refractivity contribution < 1.29 is 9.59 Å². The number of nitrogens with zero attached hydrogens (tertiary/aromatic N) is 2. The third-order valence-corrected chi connectivity index (χ3v) is 3.94. The Morgan fingerprint density at radius 3 is 2.46 bits per heavy atom. The molecule has 0 atom stereocenters. The highest BCUT2D eigenvalue weighted by Gasteiger charge is 2.13. The molecule has 0 saturated heterocycles. The molecule has 2 rings (SSSR count). The molecule has 0 heterocycles. The zero-order valence-electron chi connectivity index (χ0n) is 15.0. The van der Waals surface area contributed by atoms with E-state index in [0.717, 1.165) is 23.4 Å². The molecule has 134 valence electrons. The molecule has 6 nitrogen and oxygen atoms in total. The molecule has 2 N–H and O–H groups in total. The van der Waals surface area contributed by atoms with Gasteiger partial charge in [-0.1, -0.05) is 25.1 Å². The molecule has 0 aromatic heterocycles. The molecule has 2 amide bonds. The minimum absolute atomic E-state index is 0.0219. The van der Waals surface area contributed by atoms with Crippen molar-refractivity contribution in [2.75, 3.05) is 30.8 Å². The molecule has 0 unspecified atom stereocenters. The van der Waals surface area contributed by atoms with Gasteiger partial charge in [0.05, 0.1) is 24.7 Å². The summed E-state index contributed by atoms with van der Waals surface area (Å²) in [6.07, 6.45) is 0.819. The molecule has 6 heteroatoms. The number of benzene rings is 2. The van der Waals surface area contributed by atoms with Crippen LogP contribution in [0.25, 0.3) is 0 Å². The van der Waals surface area contributed by atoms with E-state index in [4.69, 9.17) is 5.26 Å². The fraction of sp³-hybridized carbons (Fsp3) is 0.250. The number of hydrogen-bond acceptors (Lipinski definition) is 4. The summed E-state index contributed by atoms with van der Waals surface area (Å²) in [5, 5.41) is 14.6. The van der Waals surface area contributed by atoms with Crippen molar-refractivity contribution in [1.29, 1.82) is 5.26 Å². The van der Waals surface area contributed by atoms with E-state index in [9.17, 15) is 9.59 Å². The van der Waals surface area contributed by atoms with Crippen LogP contribution in [0.15, 0.2) is 48.5 Å². The molecule has 26 heavy (non-hydrogen) atoms. The van der Waals surface area contributed by atoms with Gasteiger partial charge in [0.2, 0.25) is 11.8 Å². The topological polar surface area (TPSA) is 85.2 Å². The second-order valence-electron chi connectivity index (χ2n) is 5.85. The number of para-hydroxylation sites is 1. The van der Waals surface area contributed by atoms with Gasteiger partial charge in [0, 0.05) is 18.4 Å². The van der Waals surface area contributed by atoms with Crippen LogP contribution in [0.2, 0.25) is 0 Å². The van der Waals surface area contributed by atoms with E-state index in [0.29, 0.717) is 5.56 Å². The molecule has 0 saturated carbocycles. The summed E-state index contributed by atoms with van der Waals surface area (Å²) >= 11 is 0. The summed E-state index contributed by atoms with van der Waals surface area (Å²) in [6.45, 7) is 2.07. The Morgan fingerprint density at radius 1 is 1.12 bits per heavy atom. The van der Waals surface area contributed by atoms with Crippen LogP contribution in [0.5, 0.6) is 0 Å². The fourth-order valence-corrected chi connectivity index (χ4v) is 2.42. The molecule has 0 radical (unpaired) electrons. The number of nitrogens with one attached hydrogen (secondary N) is 2. The van der Waals surface area contributed by atoms with E-state index >= 15 is 0 Å². The molecule has 0 aliphatic heterocycles. The first-order valence-electron chi connectivity index (χ1n) is 8.39. The van der Waals surface area contributed by atoms with E-state index in [1.807, 2.05) is 37.3 Å². The smallest absolute Gasteiger partial charge is 0.243 e. The maximum Gasteiger partial charge on any atom is 0.243 e. The van der Waals surface area contributed by atoms with Crippen LogP contribution in [0, 0.1) is 11.3 Å². The lowest BCUT2D eigenvalue weighted by atomic mass is 10.1. The summed E-state index contributed by atoms with van der Waals surface area (Å²) in [5.74, 6) is -0.437. The quantitative estimate of drug-likeness (QED) is 0.804. The van der Waals surface area contributed by atoms with Crippen LogP contribution in [0.3, 0.4) is 0 Å². The van der Waals surface area contributed by atoms with Crippen LogP contribution >= 0.6 is 0 Å². The third-order valence-electron chi connectivity index (χ3n) is 3.94. The molecule has 0 aliphatic carbocycles.